The summed E-state index contributed by atoms with van der Waals surface area (Å²) in [6.45, 7) is 0. The van der Waals surface area contributed by atoms with E-state index in [1.54, 1.807) is 0 Å². The molecule has 0 saturated carbocycles. The SMILES string of the molecule is NC(=O)CS.Nc1cc(N)ncn1. The molecule has 0 saturated heterocycles. The molecule has 6 N–H and O–H groups in total. The Hall–Kier alpha value is -1.50. The number of carbonyl (C=O) groups is 1. The second kappa shape index (κ2) is 6.06. The van der Waals surface area contributed by atoms with Gasteiger partial charge >= 0.3 is 0 Å². The van der Waals surface area contributed by atoms with E-state index in [9.17, 15) is 4.79 Å². The third-order valence-corrected chi connectivity index (χ3v) is 1.18. The lowest BCUT2D eigenvalue weighted by molar-refractivity contribution is -0.115. The Morgan fingerprint density at radius 3 is 1.92 bits per heavy atom. The zero-order valence-corrected chi connectivity index (χ0v) is 7.74. The number of anilines is 2. The molecular weight excluding hydrogens is 190 g/mol. The number of rotatable bonds is 1. The van der Waals surface area contributed by atoms with Crippen molar-refractivity contribution in [3.05, 3.63) is 12.4 Å². The standard InChI is InChI=1S/C4H6N4.C2H5NOS/c5-3-1-4(6)8-2-7-3;3-2(4)1-5/h1-2H,(H4,5,6,7,8);5H,1H2,(H2,3,4). The number of amides is 1. The van der Waals surface area contributed by atoms with Gasteiger partial charge in [0.05, 0.1) is 5.75 Å². The number of nitrogens with two attached hydrogens (primary N) is 3. The summed E-state index contributed by atoms with van der Waals surface area (Å²) in [6.07, 6.45) is 1.32. The molecule has 0 bridgehead atoms. The van der Waals surface area contributed by atoms with Crippen molar-refractivity contribution in [1.82, 2.24) is 9.97 Å². The van der Waals surface area contributed by atoms with E-state index < -0.39 is 0 Å². The number of nitrogen functional groups attached to an aromatic ring is 2. The molecule has 1 amide bonds. The molecule has 0 aliphatic heterocycles. The van der Waals surface area contributed by atoms with Crippen LogP contribution in [0.25, 0.3) is 0 Å². The van der Waals surface area contributed by atoms with Gasteiger partial charge in [0.2, 0.25) is 5.91 Å². The third kappa shape index (κ3) is 6.88. The van der Waals surface area contributed by atoms with Crippen molar-refractivity contribution in [3.8, 4) is 0 Å². The predicted molar refractivity (Wildman–Crippen MR) is 53.9 cm³/mol. The topological polar surface area (TPSA) is 121 Å². The van der Waals surface area contributed by atoms with Gasteiger partial charge in [0.25, 0.3) is 0 Å². The van der Waals surface area contributed by atoms with E-state index in [1.165, 1.54) is 12.4 Å². The normalized spacial score (nSPS) is 8.38. The number of aromatic nitrogens is 2. The largest absolute Gasteiger partial charge is 0.384 e. The number of carbonyl (C=O) groups excluding carboxylic acids is 1. The van der Waals surface area contributed by atoms with Crippen LogP contribution in [0.1, 0.15) is 0 Å². The predicted octanol–water partition coefficient (Wildman–Crippen LogP) is -0.958. The maximum Gasteiger partial charge on any atom is 0.227 e. The minimum absolute atomic E-state index is 0.139. The van der Waals surface area contributed by atoms with Crippen molar-refractivity contribution in [2.24, 2.45) is 5.73 Å². The molecule has 13 heavy (non-hydrogen) atoms. The number of hydrogen-bond donors (Lipinski definition) is 4. The third-order valence-electron chi connectivity index (χ3n) is 0.865. The summed E-state index contributed by atoms with van der Waals surface area (Å²) >= 11 is 3.54. The summed E-state index contributed by atoms with van der Waals surface area (Å²) in [7, 11) is 0. The smallest absolute Gasteiger partial charge is 0.227 e. The van der Waals surface area contributed by atoms with Gasteiger partial charge in [-0.15, -0.1) is 0 Å². The van der Waals surface area contributed by atoms with Crippen LogP contribution in [-0.4, -0.2) is 21.6 Å². The molecule has 0 spiro atoms. The van der Waals surface area contributed by atoms with Crippen molar-refractivity contribution < 1.29 is 4.79 Å². The minimum atomic E-state index is -0.381. The zero-order chi connectivity index (χ0) is 10.3. The Balaban J connectivity index is 0.000000252. The van der Waals surface area contributed by atoms with Crippen LogP contribution in [-0.2, 0) is 4.79 Å². The van der Waals surface area contributed by atoms with Gasteiger partial charge in [-0.3, -0.25) is 4.79 Å². The fourth-order valence-corrected chi connectivity index (χ4v) is 0.388. The van der Waals surface area contributed by atoms with E-state index in [-0.39, 0.29) is 11.7 Å². The molecule has 0 fully saturated rings. The second-order valence-corrected chi connectivity index (χ2v) is 2.31. The molecule has 0 aliphatic carbocycles. The maximum absolute atomic E-state index is 9.51. The molecule has 1 rings (SSSR count). The minimum Gasteiger partial charge on any atom is -0.384 e. The Labute approximate surface area is 80.9 Å². The van der Waals surface area contributed by atoms with Crippen molar-refractivity contribution in [3.63, 3.8) is 0 Å². The van der Waals surface area contributed by atoms with E-state index in [0.717, 1.165) is 0 Å². The van der Waals surface area contributed by atoms with Crippen LogP contribution in [0.15, 0.2) is 12.4 Å². The van der Waals surface area contributed by atoms with Crippen LogP contribution in [0.5, 0.6) is 0 Å². The van der Waals surface area contributed by atoms with Crippen LogP contribution >= 0.6 is 12.6 Å². The molecular formula is C6H11N5OS. The van der Waals surface area contributed by atoms with Gasteiger partial charge < -0.3 is 17.2 Å². The number of thiol groups is 1. The average molecular weight is 201 g/mol. The highest BCUT2D eigenvalue weighted by Crippen LogP contribution is 1.97. The van der Waals surface area contributed by atoms with Gasteiger partial charge in [-0.25, -0.2) is 9.97 Å². The monoisotopic (exact) mass is 201 g/mol. The van der Waals surface area contributed by atoms with Gasteiger partial charge in [-0.1, -0.05) is 0 Å². The highest BCUT2D eigenvalue weighted by Gasteiger charge is 1.84. The molecule has 0 aromatic carbocycles. The molecule has 0 atom stereocenters. The first-order valence-electron chi connectivity index (χ1n) is 3.28. The molecule has 1 heterocycles. The fourth-order valence-electron chi connectivity index (χ4n) is 0.388. The van der Waals surface area contributed by atoms with Crippen molar-refractivity contribution in [2.75, 3.05) is 17.2 Å². The molecule has 72 valence electrons. The number of nitrogens with zero attached hydrogens (tertiary/aromatic N) is 2. The van der Waals surface area contributed by atoms with E-state index in [0.29, 0.717) is 11.6 Å². The first-order chi connectivity index (χ1) is 6.06. The Morgan fingerprint density at radius 2 is 1.77 bits per heavy atom. The van der Waals surface area contributed by atoms with Gasteiger partial charge in [0.15, 0.2) is 0 Å². The van der Waals surface area contributed by atoms with Crippen LogP contribution < -0.4 is 17.2 Å². The molecule has 0 radical (unpaired) electrons. The van der Waals surface area contributed by atoms with Gasteiger partial charge in [-0.2, -0.15) is 12.6 Å². The molecule has 7 heteroatoms. The molecule has 6 nitrogen and oxygen atoms in total. The van der Waals surface area contributed by atoms with E-state index >= 15 is 0 Å². The Kier molecular flexibility index (Phi) is 5.37. The average Bonchev–Trinajstić information content (AvgIpc) is 2.05. The van der Waals surface area contributed by atoms with Crippen LogP contribution in [0, 0.1) is 0 Å². The van der Waals surface area contributed by atoms with Crippen molar-refractivity contribution >= 4 is 30.2 Å². The van der Waals surface area contributed by atoms with Crippen LogP contribution in [0.2, 0.25) is 0 Å². The summed E-state index contributed by atoms with van der Waals surface area (Å²) in [6, 6.07) is 1.50. The van der Waals surface area contributed by atoms with Crippen molar-refractivity contribution in [1.29, 1.82) is 0 Å². The quantitative estimate of drug-likeness (QED) is 0.436. The lowest BCUT2D eigenvalue weighted by atomic mass is 10.5. The zero-order valence-electron chi connectivity index (χ0n) is 6.84. The number of hydrogen-bond acceptors (Lipinski definition) is 6. The van der Waals surface area contributed by atoms with Gasteiger partial charge in [-0.05, 0) is 0 Å². The summed E-state index contributed by atoms with van der Waals surface area (Å²) in [5.74, 6) is 0.559. The first-order valence-corrected chi connectivity index (χ1v) is 3.91. The van der Waals surface area contributed by atoms with E-state index in [4.69, 9.17) is 11.5 Å². The van der Waals surface area contributed by atoms with Gasteiger partial charge in [0.1, 0.15) is 18.0 Å². The van der Waals surface area contributed by atoms with Crippen molar-refractivity contribution in [2.45, 2.75) is 0 Å². The van der Waals surface area contributed by atoms with Gasteiger partial charge in [0, 0.05) is 6.07 Å². The molecule has 1 aromatic heterocycles. The fraction of sp³-hybridized carbons (Fsp3) is 0.167. The highest BCUT2D eigenvalue weighted by atomic mass is 32.1. The molecule has 0 aliphatic rings. The maximum atomic E-state index is 9.51. The van der Waals surface area contributed by atoms with Crippen LogP contribution in [0.4, 0.5) is 11.6 Å². The lowest BCUT2D eigenvalue weighted by Crippen LogP contribution is -2.10. The number of primary amides is 1. The Bertz CT molecular complexity index is 262. The molecule has 0 unspecified atom stereocenters. The summed E-state index contributed by atoms with van der Waals surface area (Å²) in [5, 5.41) is 0. The first kappa shape index (κ1) is 11.5. The summed E-state index contributed by atoms with van der Waals surface area (Å²) in [4.78, 5) is 16.8. The summed E-state index contributed by atoms with van der Waals surface area (Å²) in [5.41, 5.74) is 15.0. The summed E-state index contributed by atoms with van der Waals surface area (Å²) < 4.78 is 0. The second-order valence-electron chi connectivity index (χ2n) is 1.99. The van der Waals surface area contributed by atoms with Crippen LogP contribution in [0.3, 0.4) is 0 Å². The lowest BCUT2D eigenvalue weighted by Gasteiger charge is -1.89. The Morgan fingerprint density at radius 1 is 1.38 bits per heavy atom. The highest BCUT2D eigenvalue weighted by molar-refractivity contribution is 7.81. The van der Waals surface area contributed by atoms with E-state index in [1.807, 2.05) is 0 Å². The van der Waals surface area contributed by atoms with E-state index in [2.05, 4.69) is 28.3 Å². The molecule has 1 aromatic rings.